The number of likely N-dealkylation sites (N-methyl/N-ethyl adjacent to an activating group) is 1. The summed E-state index contributed by atoms with van der Waals surface area (Å²) in [5.74, 6) is 0.391. The molecule has 3 aromatic rings. The van der Waals surface area contributed by atoms with Gasteiger partial charge in [0.25, 0.3) is 11.8 Å². The van der Waals surface area contributed by atoms with Crippen molar-refractivity contribution in [3.63, 3.8) is 0 Å². The van der Waals surface area contributed by atoms with Gasteiger partial charge in [-0.1, -0.05) is 12.1 Å². The molecule has 1 aromatic heterocycles. The predicted molar refractivity (Wildman–Crippen MR) is 120 cm³/mol. The van der Waals surface area contributed by atoms with Gasteiger partial charge in [-0.15, -0.1) is 0 Å². The van der Waals surface area contributed by atoms with Gasteiger partial charge in [0, 0.05) is 29.7 Å². The van der Waals surface area contributed by atoms with Crippen LogP contribution in [0.4, 0.5) is 0 Å². The van der Waals surface area contributed by atoms with Crippen LogP contribution in [0.2, 0.25) is 0 Å². The van der Waals surface area contributed by atoms with Gasteiger partial charge in [0.2, 0.25) is 0 Å². The minimum absolute atomic E-state index is 0.212. The number of benzene rings is 2. The lowest BCUT2D eigenvalue weighted by atomic mass is 10.0. The highest BCUT2D eigenvalue weighted by Gasteiger charge is 2.34. The van der Waals surface area contributed by atoms with E-state index in [1.54, 1.807) is 24.3 Å². The average molecular weight is 418 g/mol. The lowest BCUT2D eigenvalue weighted by Gasteiger charge is -2.18. The van der Waals surface area contributed by atoms with Crippen molar-refractivity contribution in [2.75, 3.05) is 26.7 Å². The van der Waals surface area contributed by atoms with E-state index in [1.807, 2.05) is 6.07 Å². The van der Waals surface area contributed by atoms with Crippen LogP contribution in [-0.2, 0) is 6.42 Å². The predicted octanol–water partition coefficient (Wildman–Crippen LogP) is 3.87. The number of fused-ring (bicyclic) bond motifs is 2. The van der Waals surface area contributed by atoms with E-state index in [1.165, 1.54) is 35.2 Å². The highest BCUT2D eigenvalue weighted by atomic mass is 16.5. The number of aromatic amines is 1. The fourth-order valence-electron chi connectivity index (χ4n) is 4.76. The number of imide groups is 1. The number of nitrogens with zero attached hydrogens (tertiary/aromatic N) is 2. The smallest absolute Gasteiger partial charge is 0.261 e. The molecule has 2 amide bonds. The van der Waals surface area contributed by atoms with Gasteiger partial charge in [-0.05, 0) is 75.2 Å². The molecule has 31 heavy (non-hydrogen) atoms. The first kappa shape index (κ1) is 19.8. The molecular formula is C25H27N3O3. The van der Waals surface area contributed by atoms with Crippen molar-refractivity contribution in [1.29, 1.82) is 0 Å². The molecule has 160 valence electrons. The number of hydrogen-bond donors (Lipinski definition) is 1. The monoisotopic (exact) mass is 417 g/mol. The zero-order valence-corrected chi connectivity index (χ0v) is 17.8. The van der Waals surface area contributed by atoms with Crippen molar-refractivity contribution in [1.82, 2.24) is 14.8 Å². The normalized spacial score (nSPS) is 18.9. The Bertz CT molecular complexity index is 1100. The van der Waals surface area contributed by atoms with E-state index in [0.717, 1.165) is 17.7 Å². The molecule has 0 spiro atoms. The van der Waals surface area contributed by atoms with Gasteiger partial charge in [-0.25, -0.2) is 0 Å². The Morgan fingerprint density at radius 1 is 1.10 bits per heavy atom. The van der Waals surface area contributed by atoms with Gasteiger partial charge in [0.05, 0.1) is 17.7 Å². The molecule has 0 saturated carbocycles. The number of likely N-dealkylation sites (tertiary alicyclic amines) is 1. The number of H-pyrrole nitrogens is 1. The van der Waals surface area contributed by atoms with Gasteiger partial charge in [0.15, 0.2) is 0 Å². The first-order valence-electron chi connectivity index (χ1n) is 11.0. The molecule has 1 atom stereocenters. The Hall–Kier alpha value is -3.12. The van der Waals surface area contributed by atoms with Crippen molar-refractivity contribution in [3.8, 4) is 5.75 Å². The van der Waals surface area contributed by atoms with Crippen LogP contribution in [0.5, 0.6) is 5.75 Å². The molecule has 0 unspecified atom stereocenters. The van der Waals surface area contributed by atoms with Crippen molar-refractivity contribution < 1.29 is 14.3 Å². The topological polar surface area (TPSA) is 65.6 Å². The minimum atomic E-state index is -0.212. The molecule has 1 N–H and O–H groups in total. The van der Waals surface area contributed by atoms with E-state index in [2.05, 4.69) is 35.3 Å². The molecule has 2 aliphatic rings. The Labute approximate surface area is 181 Å². The van der Waals surface area contributed by atoms with E-state index in [-0.39, 0.29) is 11.8 Å². The quantitative estimate of drug-likeness (QED) is 0.468. The van der Waals surface area contributed by atoms with Crippen LogP contribution < -0.4 is 4.74 Å². The first-order chi connectivity index (χ1) is 15.1. The van der Waals surface area contributed by atoms with Crippen molar-refractivity contribution in [2.45, 2.75) is 31.7 Å². The van der Waals surface area contributed by atoms with Crippen LogP contribution >= 0.6 is 0 Å². The number of rotatable bonds is 7. The van der Waals surface area contributed by atoms with Crippen LogP contribution in [0.3, 0.4) is 0 Å². The molecule has 6 nitrogen and oxygen atoms in total. The van der Waals surface area contributed by atoms with Gasteiger partial charge in [0.1, 0.15) is 5.75 Å². The number of carbonyl (C=O) groups is 2. The molecule has 5 rings (SSSR count). The number of aromatic nitrogens is 1. The lowest BCUT2D eigenvalue weighted by Crippen LogP contribution is -2.31. The number of nitrogens with one attached hydrogen (secondary N) is 1. The van der Waals surface area contributed by atoms with E-state index < -0.39 is 0 Å². The summed E-state index contributed by atoms with van der Waals surface area (Å²) in [5, 5.41) is 1.21. The van der Waals surface area contributed by atoms with E-state index in [4.69, 9.17) is 4.74 Å². The van der Waals surface area contributed by atoms with Crippen LogP contribution in [0, 0.1) is 0 Å². The van der Waals surface area contributed by atoms with E-state index in [0.29, 0.717) is 36.7 Å². The summed E-state index contributed by atoms with van der Waals surface area (Å²) in [6.45, 7) is 1.98. The highest BCUT2D eigenvalue weighted by Crippen LogP contribution is 2.28. The third kappa shape index (κ3) is 3.72. The Balaban J connectivity index is 1.19. The van der Waals surface area contributed by atoms with Crippen molar-refractivity contribution in [3.05, 3.63) is 65.4 Å². The summed E-state index contributed by atoms with van der Waals surface area (Å²) in [4.78, 5) is 32.0. The maximum atomic E-state index is 12.4. The van der Waals surface area contributed by atoms with E-state index in [9.17, 15) is 9.59 Å². The van der Waals surface area contributed by atoms with Crippen molar-refractivity contribution in [2.24, 2.45) is 0 Å². The summed E-state index contributed by atoms with van der Waals surface area (Å²) < 4.78 is 5.96. The fraction of sp³-hybridized carbons (Fsp3) is 0.360. The molecule has 2 aliphatic heterocycles. The molecule has 0 aliphatic carbocycles. The maximum Gasteiger partial charge on any atom is 0.261 e. The number of ether oxygens (including phenoxy) is 1. The summed E-state index contributed by atoms with van der Waals surface area (Å²) in [5.41, 5.74) is 3.43. The molecule has 0 radical (unpaired) electrons. The molecule has 6 heteroatoms. The zero-order chi connectivity index (χ0) is 21.4. The number of amides is 2. The van der Waals surface area contributed by atoms with Gasteiger partial charge in [-0.2, -0.15) is 0 Å². The average Bonchev–Trinajstić information content (AvgIpc) is 3.45. The van der Waals surface area contributed by atoms with Crippen LogP contribution in [0.1, 0.15) is 45.5 Å². The first-order valence-corrected chi connectivity index (χ1v) is 11.0. The van der Waals surface area contributed by atoms with Gasteiger partial charge < -0.3 is 14.6 Å². The molecule has 0 bridgehead atoms. The third-order valence-corrected chi connectivity index (χ3v) is 6.54. The second-order valence-corrected chi connectivity index (χ2v) is 8.51. The molecule has 2 aromatic carbocycles. The SMILES string of the molecule is CN1CCC[C@@H]1Cc1c[nH]c2ccc(OCCCN3C(=O)c4ccccc4C3=O)cc12. The summed E-state index contributed by atoms with van der Waals surface area (Å²) in [7, 11) is 2.20. The Kier molecular flexibility index (Phi) is 5.24. The fourth-order valence-corrected chi connectivity index (χ4v) is 4.76. The van der Waals surface area contributed by atoms with Crippen molar-refractivity contribution >= 4 is 22.7 Å². The lowest BCUT2D eigenvalue weighted by molar-refractivity contribution is 0.0647. The Morgan fingerprint density at radius 3 is 2.58 bits per heavy atom. The summed E-state index contributed by atoms with van der Waals surface area (Å²) in [6.07, 6.45) is 6.26. The zero-order valence-electron chi connectivity index (χ0n) is 17.8. The minimum Gasteiger partial charge on any atom is -0.494 e. The van der Waals surface area contributed by atoms with Crippen LogP contribution in [0.15, 0.2) is 48.7 Å². The van der Waals surface area contributed by atoms with E-state index >= 15 is 0 Å². The second kappa shape index (κ2) is 8.19. The van der Waals surface area contributed by atoms with Gasteiger partial charge >= 0.3 is 0 Å². The standard InChI is InChI=1S/C25H27N3O3/c1-27-11-4-6-18(27)14-17-16-26-23-10-9-19(15-22(17)23)31-13-5-12-28-24(29)20-7-2-3-8-21(20)25(28)30/h2-3,7-10,15-16,18,26H,4-6,11-14H2,1H3/t18-/m1/s1. The molecule has 1 fully saturated rings. The molecular weight excluding hydrogens is 390 g/mol. The van der Waals surface area contributed by atoms with Gasteiger partial charge in [-0.3, -0.25) is 14.5 Å². The Morgan fingerprint density at radius 2 is 1.87 bits per heavy atom. The number of hydrogen-bond acceptors (Lipinski definition) is 4. The number of carbonyl (C=O) groups excluding carboxylic acids is 2. The third-order valence-electron chi connectivity index (χ3n) is 6.54. The highest BCUT2D eigenvalue weighted by molar-refractivity contribution is 6.21. The largest absolute Gasteiger partial charge is 0.494 e. The molecule has 3 heterocycles. The van der Waals surface area contributed by atoms with Crippen LogP contribution in [0.25, 0.3) is 10.9 Å². The maximum absolute atomic E-state index is 12.4. The second-order valence-electron chi connectivity index (χ2n) is 8.51. The summed E-state index contributed by atoms with van der Waals surface area (Å²) >= 11 is 0. The summed E-state index contributed by atoms with van der Waals surface area (Å²) in [6, 6.07) is 13.7. The van der Waals surface area contributed by atoms with Crippen LogP contribution in [-0.4, -0.2) is 59.4 Å². The molecule has 1 saturated heterocycles.